The summed E-state index contributed by atoms with van der Waals surface area (Å²) in [5.41, 5.74) is 1.32. The molecule has 68 valence electrons. The molecular formula is C12H13Cr-. The third-order valence-electron chi connectivity index (χ3n) is 1.50. The summed E-state index contributed by atoms with van der Waals surface area (Å²) in [5.74, 6) is 0. The Bertz CT molecular complexity index is 254. The summed E-state index contributed by atoms with van der Waals surface area (Å²) in [4.78, 5) is 0. The summed E-state index contributed by atoms with van der Waals surface area (Å²) < 4.78 is 0. The van der Waals surface area contributed by atoms with Crippen molar-refractivity contribution in [2.75, 3.05) is 0 Å². The molecule has 0 heterocycles. The molecule has 0 aliphatic heterocycles. The molecule has 0 aliphatic rings. The maximum atomic E-state index is 2.08. The fourth-order valence-corrected chi connectivity index (χ4v) is 0.855. The third kappa shape index (κ3) is 6.28. The standard InChI is InChI=1S/C7H8.C5H5.Cr/c1-7-5-3-2-4-6-7;1-2-4-5-3-1;/h2-6H,1H3;1-5H;/q;-1;. The molecule has 0 aliphatic carbocycles. The number of hydrogen-bond donors (Lipinski definition) is 0. The molecule has 0 saturated carbocycles. The van der Waals surface area contributed by atoms with E-state index < -0.39 is 0 Å². The molecule has 0 bridgehead atoms. The number of hydrogen-bond acceptors (Lipinski definition) is 0. The number of rotatable bonds is 0. The van der Waals surface area contributed by atoms with Gasteiger partial charge >= 0.3 is 0 Å². The van der Waals surface area contributed by atoms with Gasteiger partial charge in [-0.05, 0) is 6.92 Å². The van der Waals surface area contributed by atoms with Crippen LogP contribution in [0.25, 0.3) is 0 Å². The van der Waals surface area contributed by atoms with Gasteiger partial charge < -0.3 is 0 Å². The van der Waals surface area contributed by atoms with E-state index in [9.17, 15) is 0 Å². The molecule has 0 N–H and O–H groups in total. The van der Waals surface area contributed by atoms with Gasteiger partial charge in [0.2, 0.25) is 0 Å². The van der Waals surface area contributed by atoms with Crippen molar-refractivity contribution < 1.29 is 17.4 Å². The summed E-state index contributed by atoms with van der Waals surface area (Å²) >= 11 is 0. The van der Waals surface area contributed by atoms with E-state index in [1.807, 2.05) is 48.5 Å². The molecule has 0 nitrogen and oxygen atoms in total. The first-order chi connectivity index (χ1) is 5.89. The van der Waals surface area contributed by atoms with Gasteiger partial charge in [-0.15, -0.1) is 0 Å². The molecule has 1 heteroatoms. The fraction of sp³-hybridized carbons (Fsp3) is 0.0833. The SMILES string of the molecule is Cc1ccccc1.[Cr].c1cc[cH-]c1. The number of aryl methyl sites for hydroxylation is 1. The number of benzene rings is 1. The van der Waals surface area contributed by atoms with E-state index in [0.717, 1.165) is 0 Å². The second-order valence-electron chi connectivity index (χ2n) is 2.62. The minimum absolute atomic E-state index is 0. The Morgan fingerprint density at radius 1 is 0.846 bits per heavy atom. The van der Waals surface area contributed by atoms with Gasteiger partial charge in [-0.25, -0.2) is 12.1 Å². The second kappa shape index (κ2) is 7.74. The Balaban J connectivity index is 0.000000215. The second-order valence-corrected chi connectivity index (χ2v) is 2.62. The van der Waals surface area contributed by atoms with Crippen molar-refractivity contribution in [1.82, 2.24) is 0 Å². The molecule has 0 saturated heterocycles. The van der Waals surface area contributed by atoms with E-state index in [1.54, 1.807) is 0 Å². The van der Waals surface area contributed by atoms with Crippen molar-refractivity contribution in [3.63, 3.8) is 0 Å². The van der Waals surface area contributed by atoms with Crippen LogP contribution >= 0.6 is 0 Å². The average molecular weight is 209 g/mol. The van der Waals surface area contributed by atoms with Crippen molar-refractivity contribution in [2.24, 2.45) is 0 Å². The van der Waals surface area contributed by atoms with Crippen LogP contribution in [0.4, 0.5) is 0 Å². The van der Waals surface area contributed by atoms with E-state index in [-0.39, 0.29) is 17.4 Å². The van der Waals surface area contributed by atoms with Crippen molar-refractivity contribution in [1.29, 1.82) is 0 Å². The molecule has 13 heavy (non-hydrogen) atoms. The summed E-state index contributed by atoms with van der Waals surface area (Å²) in [6.07, 6.45) is 0. The molecule has 2 aromatic rings. The third-order valence-corrected chi connectivity index (χ3v) is 1.50. The van der Waals surface area contributed by atoms with Crippen LogP contribution in [0.15, 0.2) is 60.7 Å². The Kier molecular flexibility index (Phi) is 7.20. The van der Waals surface area contributed by atoms with Gasteiger partial charge in [0.25, 0.3) is 0 Å². The van der Waals surface area contributed by atoms with Gasteiger partial charge in [-0.3, -0.25) is 0 Å². The van der Waals surface area contributed by atoms with Crippen molar-refractivity contribution in [3.8, 4) is 0 Å². The summed E-state index contributed by atoms with van der Waals surface area (Å²) in [6.45, 7) is 2.08. The van der Waals surface area contributed by atoms with Crippen LogP contribution in [0.2, 0.25) is 0 Å². The van der Waals surface area contributed by atoms with Crippen LogP contribution in [0.1, 0.15) is 5.56 Å². The van der Waals surface area contributed by atoms with Crippen LogP contribution < -0.4 is 0 Å². The Labute approximate surface area is 90.7 Å². The molecule has 0 radical (unpaired) electrons. The van der Waals surface area contributed by atoms with E-state index >= 15 is 0 Å². The van der Waals surface area contributed by atoms with Gasteiger partial charge in [0.05, 0.1) is 0 Å². The van der Waals surface area contributed by atoms with E-state index in [4.69, 9.17) is 0 Å². The van der Waals surface area contributed by atoms with E-state index in [0.29, 0.717) is 0 Å². The molecule has 0 unspecified atom stereocenters. The largest absolute Gasteiger partial charge is 0.214 e. The Hall–Kier alpha value is -0.898. The van der Waals surface area contributed by atoms with Gasteiger partial charge in [-0.2, -0.15) is 18.2 Å². The minimum atomic E-state index is 0. The minimum Gasteiger partial charge on any atom is -0.214 e. The zero-order valence-corrected chi connectivity index (χ0v) is 8.96. The van der Waals surface area contributed by atoms with Crippen LogP contribution in [-0.4, -0.2) is 0 Å². The summed E-state index contributed by atoms with van der Waals surface area (Å²) in [5, 5.41) is 0. The Morgan fingerprint density at radius 3 is 1.62 bits per heavy atom. The molecule has 2 aromatic carbocycles. The zero-order valence-electron chi connectivity index (χ0n) is 7.68. The quantitative estimate of drug-likeness (QED) is 0.583. The topological polar surface area (TPSA) is 0 Å². The van der Waals surface area contributed by atoms with Gasteiger partial charge in [0.1, 0.15) is 0 Å². The summed E-state index contributed by atoms with van der Waals surface area (Å²) in [7, 11) is 0. The normalized spacial score (nSPS) is 7.77. The molecule has 0 fully saturated rings. The first-order valence-corrected chi connectivity index (χ1v) is 4.08. The van der Waals surface area contributed by atoms with Crippen molar-refractivity contribution in [2.45, 2.75) is 6.92 Å². The van der Waals surface area contributed by atoms with Crippen LogP contribution in [-0.2, 0) is 17.4 Å². The molecule has 0 atom stereocenters. The van der Waals surface area contributed by atoms with Crippen molar-refractivity contribution >= 4 is 0 Å². The molecule has 0 aromatic heterocycles. The van der Waals surface area contributed by atoms with E-state index in [2.05, 4.69) is 19.1 Å². The maximum absolute atomic E-state index is 2.08. The predicted molar refractivity (Wildman–Crippen MR) is 53.2 cm³/mol. The Morgan fingerprint density at radius 2 is 1.38 bits per heavy atom. The molecule has 0 spiro atoms. The first kappa shape index (κ1) is 12.1. The maximum Gasteiger partial charge on any atom is 0 e. The monoisotopic (exact) mass is 209 g/mol. The average Bonchev–Trinajstić information content (AvgIpc) is 2.62. The molecule has 0 amide bonds. The predicted octanol–water partition coefficient (Wildman–Crippen LogP) is 3.40. The van der Waals surface area contributed by atoms with Crippen molar-refractivity contribution in [3.05, 3.63) is 66.2 Å². The van der Waals surface area contributed by atoms with Gasteiger partial charge in [0, 0.05) is 17.4 Å². The van der Waals surface area contributed by atoms with Crippen LogP contribution in [0.5, 0.6) is 0 Å². The van der Waals surface area contributed by atoms with Crippen LogP contribution in [0, 0.1) is 6.92 Å². The van der Waals surface area contributed by atoms with Crippen LogP contribution in [0.3, 0.4) is 0 Å². The molecular weight excluding hydrogens is 196 g/mol. The smallest absolute Gasteiger partial charge is 0 e. The van der Waals surface area contributed by atoms with E-state index in [1.165, 1.54) is 5.56 Å². The summed E-state index contributed by atoms with van der Waals surface area (Å²) in [6, 6.07) is 20.3. The first-order valence-electron chi connectivity index (χ1n) is 4.08. The zero-order chi connectivity index (χ0) is 8.65. The van der Waals surface area contributed by atoms with Gasteiger partial charge in [0.15, 0.2) is 0 Å². The molecule has 2 rings (SSSR count). The van der Waals surface area contributed by atoms with Gasteiger partial charge in [-0.1, -0.05) is 35.9 Å². The fourth-order valence-electron chi connectivity index (χ4n) is 0.855.